The van der Waals surface area contributed by atoms with Crippen molar-refractivity contribution in [3.8, 4) is 0 Å². The molecule has 0 bridgehead atoms. The van der Waals surface area contributed by atoms with Crippen molar-refractivity contribution in [2.24, 2.45) is 5.92 Å². The van der Waals surface area contributed by atoms with Crippen LogP contribution in [-0.4, -0.2) is 12.6 Å². The summed E-state index contributed by atoms with van der Waals surface area (Å²) in [4.78, 5) is 0. The number of nitrogens with one attached hydrogen (secondary N) is 1. The van der Waals surface area contributed by atoms with E-state index in [2.05, 4.69) is 31.8 Å². The molecule has 2 unspecified atom stereocenters. The maximum absolute atomic E-state index is 3.78. The van der Waals surface area contributed by atoms with Gasteiger partial charge < -0.3 is 5.32 Å². The van der Waals surface area contributed by atoms with E-state index >= 15 is 0 Å². The maximum Gasteiger partial charge on any atom is 0.0164 e. The lowest BCUT2D eigenvalue weighted by atomic mass is 9.95. The van der Waals surface area contributed by atoms with Gasteiger partial charge in [0.1, 0.15) is 0 Å². The second-order valence-corrected chi connectivity index (χ2v) is 3.00. The highest BCUT2D eigenvalue weighted by Gasteiger charge is 2.14. The van der Waals surface area contributed by atoms with Crippen molar-refractivity contribution in [1.82, 2.24) is 5.32 Å². The van der Waals surface area contributed by atoms with Gasteiger partial charge >= 0.3 is 0 Å². The smallest absolute Gasteiger partial charge is 0.0164 e. The van der Waals surface area contributed by atoms with Crippen LogP contribution >= 0.6 is 0 Å². The molecule has 0 spiro atoms. The molecule has 0 radical (unpaired) electrons. The first-order valence-electron chi connectivity index (χ1n) is 3.77. The van der Waals surface area contributed by atoms with Gasteiger partial charge in [-0.3, -0.25) is 0 Å². The van der Waals surface area contributed by atoms with Gasteiger partial charge in [0.2, 0.25) is 0 Å². The predicted molar refractivity (Wildman–Crippen MR) is 44.9 cm³/mol. The topological polar surface area (TPSA) is 12.0 Å². The molecule has 0 aromatic rings. The van der Waals surface area contributed by atoms with Crippen LogP contribution in [0.5, 0.6) is 0 Å². The van der Waals surface area contributed by atoms with E-state index in [0.29, 0.717) is 12.0 Å². The second kappa shape index (κ2) is 3.02. The van der Waals surface area contributed by atoms with E-state index in [1.54, 1.807) is 0 Å². The quantitative estimate of drug-likeness (QED) is 0.543. The molecule has 0 saturated heterocycles. The molecule has 1 aliphatic heterocycles. The lowest BCUT2D eigenvalue weighted by molar-refractivity contribution is 0.484. The van der Waals surface area contributed by atoms with Crippen molar-refractivity contribution in [3.05, 3.63) is 24.3 Å². The van der Waals surface area contributed by atoms with Crippen LogP contribution in [0.25, 0.3) is 0 Å². The van der Waals surface area contributed by atoms with Crippen LogP contribution in [-0.2, 0) is 0 Å². The van der Waals surface area contributed by atoms with Crippen LogP contribution in [0.2, 0.25) is 0 Å². The first-order chi connectivity index (χ1) is 4.74. The van der Waals surface area contributed by atoms with Gasteiger partial charge in [-0.2, -0.15) is 0 Å². The fraction of sp³-hybridized carbons (Fsp3) is 0.556. The Morgan fingerprint density at radius 1 is 1.80 bits per heavy atom. The first-order valence-corrected chi connectivity index (χ1v) is 3.77. The van der Waals surface area contributed by atoms with E-state index < -0.39 is 0 Å². The summed E-state index contributed by atoms with van der Waals surface area (Å²) >= 11 is 0. The third-order valence-electron chi connectivity index (χ3n) is 2.03. The number of hydrogen-bond donors (Lipinski definition) is 1. The second-order valence-electron chi connectivity index (χ2n) is 3.00. The largest absolute Gasteiger partial charge is 0.310 e. The lowest BCUT2D eigenvalue weighted by Crippen LogP contribution is -2.36. The van der Waals surface area contributed by atoms with Gasteiger partial charge in [-0.15, -0.1) is 6.58 Å². The molecule has 0 aliphatic carbocycles. The molecule has 1 nitrogen and oxygen atoms in total. The van der Waals surface area contributed by atoms with Crippen molar-refractivity contribution in [2.75, 3.05) is 6.54 Å². The van der Waals surface area contributed by atoms with E-state index in [-0.39, 0.29) is 0 Å². The summed E-state index contributed by atoms with van der Waals surface area (Å²) < 4.78 is 0. The molecule has 1 heteroatoms. The monoisotopic (exact) mass is 137 g/mol. The van der Waals surface area contributed by atoms with Gasteiger partial charge in [0.15, 0.2) is 0 Å². The molecule has 1 aliphatic rings. The molecule has 2 atom stereocenters. The van der Waals surface area contributed by atoms with Crippen LogP contribution in [0.15, 0.2) is 24.3 Å². The predicted octanol–water partition coefficient (Wildman–Crippen LogP) is 1.73. The minimum absolute atomic E-state index is 0.522. The number of rotatable bonds is 1. The Labute approximate surface area is 62.8 Å². The van der Waals surface area contributed by atoms with Crippen molar-refractivity contribution in [1.29, 1.82) is 0 Å². The average Bonchev–Trinajstić information content (AvgIpc) is 1.94. The summed E-state index contributed by atoms with van der Waals surface area (Å²) in [6.45, 7) is 9.16. The van der Waals surface area contributed by atoms with E-state index in [1.807, 2.05) is 6.08 Å². The Morgan fingerprint density at radius 3 is 3.00 bits per heavy atom. The highest BCUT2D eigenvalue weighted by molar-refractivity contribution is 5.13. The summed E-state index contributed by atoms with van der Waals surface area (Å²) in [6, 6.07) is 0.557. The first kappa shape index (κ1) is 7.55. The van der Waals surface area contributed by atoms with Crippen LogP contribution in [0.4, 0.5) is 0 Å². The Hall–Kier alpha value is -0.560. The highest BCUT2D eigenvalue weighted by Crippen LogP contribution is 2.14. The molecule has 56 valence electrons. The van der Waals surface area contributed by atoms with Gasteiger partial charge in [0.05, 0.1) is 0 Å². The van der Waals surface area contributed by atoms with Gasteiger partial charge in [-0.25, -0.2) is 0 Å². The normalized spacial score (nSPS) is 33.2. The van der Waals surface area contributed by atoms with E-state index in [0.717, 1.165) is 6.54 Å². The summed E-state index contributed by atoms with van der Waals surface area (Å²) in [5.74, 6) is 0.522. The summed E-state index contributed by atoms with van der Waals surface area (Å²) in [6.07, 6.45) is 4.29. The molecule has 0 aromatic heterocycles. The fourth-order valence-corrected chi connectivity index (χ4v) is 1.26. The standard InChI is InChI=1S/C9H15N/c1-4-9-5-7(2)6-10-8(9)3/h4-5,8-10H,1,6H2,2-3H3. The molecule has 1 rings (SSSR count). The van der Waals surface area contributed by atoms with Gasteiger partial charge in [-0.05, 0) is 13.8 Å². The van der Waals surface area contributed by atoms with Crippen molar-refractivity contribution in [3.63, 3.8) is 0 Å². The Morgan fingerprint density at radius 2 is 2.50 bits per heavy atom. The van der Waals surface area contributed by atoms with Gasteiger partial charge in [0, 0.05) is 18.5 Å². The van der Waals surface area contributed by atoms with Crippen LogP contribution in [0.1, 0.15) is 13.8 Å². The minimum atomic E-state index is 0.522. The average molecular weight is 137 g/mol. The van der Waals surface area contributed by atoms with Gasteiger partial charge in [-0.1, -0.05) is 17.7 Å². The Kier molecular flexibility index (Phi) is 2.28. The summed E-state index contributed by atoms with van der Waals surface area (Å²) in [5, 5.41) is 3.39. The number of hydrogen-bond acceptors (Lipinski definition) is 1. The summed E-state index contributed by atoms with van der Waals surface area (Å²) in [7, 11) is 0. The maximum atomic E-state index is 3.78. The van der Waals surface area contributed by atoms with Crippen LogP contribution in [0.3, 0.4) is 0 Å². The molecule has 0 saturated carbocycles. The third kappa shape index (κ3) is 1.48. The van der Waals surface area contributed by atoms with Crippen molar-refractivity contribution >= 4 is 0 Å². The van der Waals surface area contributed by atoms with Crippen LogP contribution in [0, 0.1) is 5.92 Å². The molecule has 0 aromatic carbocycles. The zero-order valence-electron chi connectivity index (χ0n) is 6.72. The van der Waals surface area contributed by atoms with Gasteiger partial charge in [0.25, 0.3) is 0 Å². The Bertz CT molecular complexity index is 158. The third-order valence-corrected chi connectivity index (χ3v) is 2.03. The zero-order chi connectivity index (χ0) is 7.56. The lowest BCUT2D eigenvalue weighted by Gasteiger charge is -2.25. The van der Waals surface area contributed by atoms with Crippen molar-refractivity contribution < 1.29 is 0 Å². The molecule has 1 heterocycles. The highest BCUT2D eigenvalue weighted by atomic mass is 14.9. The molecular formula is C9H15N. The molecule has 10 heavy (non-hydrogen) atoms. The molecule has 1 N–H and O–H groups in total. The SMILES string of the molecule is C=CC1C=C(C)CNC1C. The van der Waals surface area contributed by atoms with E-state index in [1.165, 1.54) is 5.57 Å². The molecular weight excluding hydrogens is 122 g/mol. The Balaban J connectivity index is 2.67. The van der Waals surface area contributed by atoms with Crippen molar-refractivity contribution in [2.45, 2.75) is 19.9 Å². The minimum Gasteiger partial charge on any atom is -0.310 e. The fourth-order valence-electron chi connectivity index (χ4n) is 1.26. The van der Waals surface area contributed by atoms with E-state index in [9.17, 15) is 0 Å². The van der Waals surface area contributed by atoms with E-state index in [4.69, 9.17) is 0 Å². The molecule has 0 amide bonds. The zero-order valence-corrected chi connectivity index (χ0v) is 6.72. The van der Waals surface area contributed by atoms with Crippen LogP contribution < -0.4 is 5.32 Å². The summed E-state index contributed by atoms with van der Waals surface area (Å²) in [5.41, 5.74) is 1.42. The molecule has 0 fully saturated rings.